The van der Waals surface area contributed by atoms with E-state index in [1.807, 2.05) is 26.0 Å². The molecular formula is C34H42N4O3S. The minimum Gasteiger partial charge on any atom is -0.390 e. The number of sulfone groups is 1. The number of hydrogen-bond acceptors (Lipinski definition) is 6. The minimum absolute atomic E-state index is 0.341. The lowest BCUT2D eigenvalue weighted by Crippen LogP contribution is -2.47. The molecule has 7 nitrogen and oxygen atoms in total. The van der Waals surface area contributed by atoms with Gasteiger partial charge in [0.05, 0.1) is 21.7 Å². The first-order chi connectivity index (χ1) is 19.9. The van der Waals surface area contributed by atoms with E-state index in [1.165, 1.54) is 17.3 Å². The molecule has 0 atom stereocenters. The highest BCUT2D eigenvalue weighted by molar-refractivity contribution is 7.90. The Morgan fingerprint density at radius 3 is 2.12 bits per heavy atom. The molecule has 3 heterocycles. The van der Waals surface area contributed by atoms with Crippen LogP contribution in [0.4, 0.5) is 0 Å². The van der Waals surface area contributed by atoms with Gasteiger partial charge in [-0.25, -0.2) is 8.42 Å². The smallest absolute Gasteiger partial charge is 0.175 e. The maximum Gasteiger partial charge on any atom is 0.175 e. The van der Waals surface area contributed by atoms with E-state index in [2.05, 4.69) is 57.7 Å². The Balaban J connectivity index is 1.20. The first kappa shape index (κ1) is 29.1. The molecule has 42 heavy (non-hydrogen) atoms. The van der Waals surface area contributed by atoms with Gasteiger partial charge in [0, 0.05) is 73.9 Å². The van der Waals surface area contributed by atoms with Gasteiger partial charge >= 0.3 is 0 Å². The summed E-state index contributed by atoms with van der Waals surface area (Å²) in [6, 6.07) is 21.0. The molecule has 0 amide bonds. The standard InChI is InChI=1S/C34H42N4O3S/c1-24-30-21-32(27-9-13-29(14-10-27)42(4,40)41)38(28-11-12-28)33(30)22-31(35-24)26-7-5-25(6-8-26)23-37-19-17-36(18-20-37)16-15-34(2,3)39/h5-10,13-14,21-22,28,39H,11-12,15-20,23H2,1-4H3. The summed E-state index contributed by atoms with van der Waals surface area (Å²) in [5.74, 6) is 0. The first-order valence-corrected chi connectivity index (χ1v) is 16.9. The van der Waals surface area contributed by atoms with E-state index in [0.717, 1.165) is 92.1 Å². The average Bonchev–Trinajstić information content (AvgIpc) is 3.71. The lowest BCUT2D eigenvalue weighted by molar-refractivity contribution is 0.0467. The predicted molar refractivity (Wildman–Crippen MR) is 169 cm³/mol. The molecule has 6 rings (SSSR count). The van der Waals surface area contributed by atoms with Crippen molar-refractivity contribution in [3.63, 3.8) is 0 Å². The van der Waals surface area contributed by atoms with Crippen molar-refractivity contribution in [2.45, 2.75) is 63.1 Å². The predicted octanol–water partition coefficient (Wildman–Crippen LogP) is 5.70. The maximum absolute atomic E-state index is 12.0. The fraction of sp³-hybridized carbons (Fsp3) is 0.441. The van der Waals surface area contributed by atoms with Crippen molar-refractivity contribution in [2.24, 2.45) is 0 Å². The van der Waals surface area contributed by atoms with Gasteiger partial charge in [0.1, 0.15) is 0 Å². The fourth-order valence-corrected chi connectivity index (χ4v) is 6.62. The number of rotatable bonds is 9. The van der Waals surface area contributed by atoms with E-state index in [1.54, 1.807) is 12.1 Å². The van der Waals surface area contributed by atoms with Gasteiger partial charge in [0.25, 0.3) is 0 Å². The monoisotopic (exact) mass is 586 g/mol. The molecule has 8 heteroatoms. The Morgan fingerprint density at radius 1 is 0.905 bits per heavy atom. The normalized spacial score (nSPS) is 17.3. The third-order valence-electron chi connectivity index (χ3n) is 8.68. The number of benzene rings is 2. The fourth-order valence-electron chi connectivity index (χ4n) is 5.99. The van der Waals surface area contributed by atoms with Gasteiger partial charge in [-0.3, -0.25) is 9.88 Å². The molecule has 0 unspecified atom stereocenters. The van der Waals surface area contributed by atoms with Gasteiger partial charge in [0.15, 0.2) is 9.84 Å². The molecule has 0 radical (unpaired) electrons. The molecule has 222 valence electrons. The van der Waals surface area contributed by atoms with Crippen molar-refractivity contribution >= 4 is 20.7 Å². The molecule has 1 aliphatic carbocycles. The van der Waals surface area contributed by atoms with Gasteiger partial charge in [-0.2, -0.15) is 0 Å². The summed E-state index contributed by atoms with van der Waals surface area (Å²) in [7, 11) is -3.23. The van der Waals surface area contributed by atoms with Crippen molar-refractivity contribution < 1.29 is 13.5 Å². The molecule has 2 aromatic heterocycles. The number of piperazine rings is 1. The highest BCUT2D eigenvalue weighted by Crippen LogP contribution is 2.43. The van der Waals surface area contributed by atoms with Crippen molar-refractivity contribution in [3.8, 4) is 22.5 Å². The Morgan fingerprint density at radius 2 is 1.52 bits per heavy atom. The van der Waals surface area contributed by atoms with E-state index >= 15 is 0 Å². The third-order valence-corrected chi connectivity index (χ3v) is 9.81. The van der Waals surface area contributed by atoms with Crippen LogP contribution < -0.4 is 0 Å². The van der Waals surface area contributed by atoms with Crippen LogP contribution in [0.1, 0.15) is 50.4 Å². The zero-order valence-corrected chi connectivity index (χ0v) is 26.0. The average molecular weight is 587 g/mol. The number of aryl methyl sites for hydroxylation is 1. The lowest BCUT2D eigenvalue weighted by Gasteiger charge is -2.35. The molecule has 1 saturated carbocycles. The largest absolute Gasteiger partial charge is 0.390 e. The summed E-state index contributed by atoms with van der Waals surface area (Å²) in [4.78, 5) is 10.3. The van der Waals surface area contributed by atoms with Gasteiger partial charge in [-0.15, -0.1) is 0 Å². The van der Waals surface area contributed by atoms with Gasteiger partial charge in [-0.1, -0.05) is 36.4 Å². The summed E-state index contributed by atoms with van der Waals surface area (Å²) < 4.78 is 26.4. The SMILES string of the molecule is Cc1nc(-c2ccc(CN3CCN(CCC(C)(C)O)CC3)cc2)cc2c1cc(-c1ccc(S(C)(=O)=O)cc1)n2C1CC1. The quantitative estimate of drug-likeness (QED) is 0.271. The Kier molecular flexibility index (Phi) is 7.77. The van der Waals surface area contributed by atoms with E-state index in [4.69, 9.17) is 4.98 Å². The molecule has 0 spiro atoms. The van der Waals surface area contributed by atoms with Crippen LogP contribution in [-0.4, -0.2) is 77.5 Å². The first-order valence-electron chi connectivity index (χ1n) is 15.0. The second-order valence-corrected chi connectivity index (χ2v) is 14.8. The molecular weight excluding hydrogens is 544 g/mol. The number of pyridine rings is 1. The van der Waals surface area contributed by atoms with Crippen LogP contribution in [0, 0.1) is 6.92 Å². The van der Waals surface area contributed by atoms with Crippen LogP contribution in [0.15, 0.2) is 65.6 Å². The molecule has 4 aromatic rings. The molecule has 2 aliphatic rings. The minimum atomic E-state index is -3.23. The van der Waals surface area contributed by atoms with E-state index in [0.29, 0.717) is 10.9 Å². The van der Waals surface area contributed by atoms with Crippen molar-refractivity contribution in [1.82, 2.24) is 19.4 Å². The van der Waals surface area contributed by atoms with Crippen LogP contribution in [0.25, 0.3) is 33.4 Å². The van der Waals surface area contributed by atoms with Crippen molar-refractivity contribution in [1.29, 1.82) is 0 Å². The second kappa shape index (κ2) is 11.2. The molecule has 1 aliphatic heterocycles. The van der Waals surface area contributed by atoms with E-state index in [-0.39, 0.29) is 0 Å². The number of aromatic nitrogens is 2. The van der Waals surface area contributed by atoms with E-state index < -0.39 is 15.4 Å². The van der Waals surface area contributed by atoms with Crippen LogP contribution in [0.3, 0.4) is 0 Å². The number of aliphatic hydroxyl groups is 1. The number of nitrogens with zero attached hydrogens (tertiary/aromatic N) is 4. The maximum atomic E-state index is 12.0. The summed E-state index contributed by atoms with van der Waals surface area (Å²) in [5.41, 5.74) is 7.13. The summed E-state index contributed by atoms with van der Waals surface area (Å²) >= 11 is 0. The number of hydrogen-bond donors (Lipinski definition) is 1. The van der Waals surface area contributed by atoms with Gasteiger partial charge in [0.2, 0.25) is 0 Å². The van der Waals surface area contributed by atoms with Crippen LogP contribution in [-0.2, 0) is 16.4 Å². The van der Waals surface area contributed by atoms with Crippen molar-refractivity contribution in [3.05, 3.63) is 71.9 Å². The molecule has 0 bridgehead atoms. The Hall–Kier alpha value is -3.04. The zero-order chi connectivity index (χ0) is 29.6. The van der Waals surface area contributed by atoms with E-state index in [9.17, 15) is 13.5 Å². The van der Waals surface area contributed by atoms with Gasteiger partial charge < -0.3 is 14.6 Å². The van der Waals surface area contributed by atoms with Crippen LogP contribution >= 0.6 is 0 Å². The summed E-state index contributed by atoms with van der Waals surface area (Å²) in [6.07, 6.45) is 4.35. The van der Waals surface area contributed by atoms with Crippen LogP contribution in [0.2, 0.25) is 0 Å². The van der Waals surface area contributed by atoms with Crippen molar-refractivity contribution in [2.75, 3.05) is 39.0 Å². The summed E-state index contributed by atoms with van der Waals surface area (Å²) in [6.45, 7) is 11.9. The molecule has 2 fully saturated rings. The van der Waals surface area contributed by atoms with Gasteiger partial charge in [-0.05, 0) is 75.4 Å². The highest BCUT2D eigenvalue weighted by atomic mass is 32.2. The molecule has 2 aromatic carbocycles. The summed E-state index contributed by atoms with van der Waals surface area (Å²) in [5, 5.41) is 11.2. The zero-order valence-electron chi connectivity index (χ0n) is 25.2. The highest BCUT2D eigenvalue weighted by Gasteiger charge is 2.29. The topological polar surface area (TPSA) is 78.7 Å². The Bertz CT molecular complexity index is 1670. The molecule has 1 N–H and O–H groups in total. The van der Waals surface area contributed by atoms with Crippen LogP contribution in [0.5, 0.6) is 0 Å². The molecule has 1 saturated heterocycles. The Labute approximate surface area is 249 Å². The lowest BCUT2D eigenvalue weighted by atomic mass is 10.0. The third kappa shape index (κ3) is 6.47. The number of fused-ring (bicyclic) bond motifs is 1. The second-order valence-electron chi connectivity index (χ2n) is 12.8.